The molecule has 0 radical (unpaired) electrons. The van der Waals surface area contributed by atoms with E-state index in [9.17, 15) is 9.59 Å². The lowest BCUT2D eigenvalue weighted by Crippen LogP contribution is -2.20. The lowest BCUT2D eigenvalue weighted by atomic mass is 10.1. The highest BCUT2D eigenvalue weighted by Gasteiger charge is 2.14. The van der Waals surface area contributed by atoms with Crippen LogP contribution in [0, 0.1) is 0 Å². The van der Waals surface area contributed by atoms with Crippen LogP contribution in [0.4, 0.5) is 11.4 Å². The van der Waals surface area contributed by atoms with Gasteiger partial charge >= 0.3 is 0 Å². The second-order valence-electron chi connectivity index (χ2n) is 6.57. The molecule has 31 heavy (non-hydrogen) atoms. The van der Waals surface area contributed by atoms with Crippen LogP contribution in [-0.2, 0) is 4.79 Å². The molecular weight excluding hydrogens is 412 g/mol. The number of anilines is 1. The van der Waals surface area contributed by atoms with Crippen LogP contribution in [0.3, 0.4) is 0 Å². The van der Waals surface area contributed by atoms with Gasteiger partial charge in [-0.1, -0.05) is 42.5 Å². The minimum atomic E-state index is -0.501. The van der Waals surface area contributed by atoms with E-state index in [4.69, 9.17) is 17.3 Å². The molecule has 160 valence electrons. The number of nitrogens with two attached hydrogens (primary N) is 1. The van der Waals surface area contributed by atoms with Crippen molar-refractivity contribution in [3.8, 4) is 0 Å². The van der Waals surface area contributed by atoms with Crippen molar-refractivity contribution in [2.75, 3.05) is 11.9 Å². The molecule has 6 nitrogen and oxygen atoms in total. The van der Waals surface area contributed by atoms with Gasteiger partial charge in [-0.05, 0) is 55.8 Å². The number of hydrogen-bond donors (Lipinski definition) is 3. The Balaban J connectivity index is 2.21. The van der Waals surface area contributed by atoms with Crippen LogP contribution in [0.15, 0.2) is 94.7 Å². The molecular formula is C24H25ClN4O2. The quantitative estimate of drug-likeness (QED) is 0.408. The molecule has 0 bridgehead atoms. The van der Waals surface area contributed by atoms with Crippen LogP contribution < -0.4 is 16.4 Å². The summed E-state index contributed by atoms with van der Waals surface area (Å²) >= 11 is 5.82. The van der Waals surface area contributed by atoms with E-state index in [1.807, 2.05) is 19.9 Å². The maximum Gasteiger partial charge on any atom is 0.255 e. The first-order valence-electron chi connectivity index (χ1n) is 9.58. The summed E-state index contributed by atoms with van der Waals surface area (Å²) in [5, 5.41) is 6.43. The number of benzene rings is 1. The zero-order valence-electron chi connectivity index (χ0n) is 17.5. The van der Waals surface area contributed by atoms with E-state index >= 15 is 0 Å². The maximum absolute atomic E-state index is 12.4. The average Bonchev–Trinajstić information content (AvgIpc) is 2.77. The molecule has 0 fully saturated rings. The Kier molecular flexibility index (Phi) is 8.78. The molecule has 7 heteroatoms. The fraction of sp³-hybridized carbons (Fsp3) is 0.125. The maximum atomic E-state index is 12.4. The van der Waals surface area contributed by atoms with Crippen LogP contribution in [0.5, 0.6) is 0 Å². The van der Waals surface area contributed by atoms with Crippen molar-refractivity contribution >= 4 is 40.5 Å². The molecule has 0 saturated heterocycles. The molecule has 1 aromatic rings. The summed E-state index contributed by atoms with van der Waals surface area (Å²) in [7, 11) is 0. The van der Waals surface area contributed by atoms with Crippen molar-refractivity contribution in [2.45, 2.75) is 13.8 Å². The minimum Gasteiger partial charge on any atom is -0.378 e. The summed E-state index contributed by atoms with van der Waals surface area (Å²) < 4.78 is 0. The Morgan fingerprint density at radius 3 is 2.74 bits per heavy atom. The Morgan fingerprint density at radius 1 is 1.29 bits per heavy atom. The van der Waals surface area contributed by atoms with Gasteiger partial charge in [-0.3, -0.25) is 9.59 Å². The van der Waals surface area contributed by atoms with E-state index in [-0.39, 0.29) is 5.91 Å². The standard InChI is InChI=1S/C24H25ClN4O2/c1-4-7-17(24(31)27-13-6-8-19(25)5-2)10-9-16(3)22-15-28-20-12-11-18(23(26)30)14-21(20)29-22/h4-14,28H,2,15H2,1,3H3,(H2,26,30)(H,27,31)/b7-4-,13-6+,16-9+,17-10+,19-8+. The summed E-state index contributed by atoms with van der Waals surface area (Å²) in [4.78, 5) is 28.5. The Labute approximate surface area is 187 Å². The molecule has 1 heterocycles. The summed E-state index contributed by atoms with van der Waals surface area (Å²) in [5.74, 6) is -0.764. The van der Waals surface area contributed by atoms with Crippen molar-refractivity contribution in [1.82, 2.24) is 5.32 Å². The van der Waals surface area contributed by atoms with Gasteiger partial charge in [-0.15, -0.1) is 0 Å². The van der Waals surface area contributed by atoms with Crippen molar-refractivity contribution in [3.63, 3.8) is 0 Å². The molecule has 4 N–H and O–H groups in total. The molecule has 0 atom stereocenters. The zero-order valence-corrected chi connectivity index (χ0v) is 18.2. The number of allylic oxidation sites excluding steroid dienone is 7. The van der Waals surface area contributed by atoms with Crippen LogP contribution in [0.25, 0.3) is 0 Å². The number of halogens is 1. The van der Waals surface area contributed by atoms with Crippen LogP contribution in [-0.4, -0.2) is 24.1 Å². The number of nitrogens with one attached hydrogen (secondary N) is 2. The molecule has 0 aromatic heterocycles. The van der Waals surface area contributed by atoms with Gasteiger partial charge < -0.3 is 16.4 Å². The second kappa shape index (κ2) is 11.5. The van der Waals surface area contributed by atoms with Gasteiger partial charge in [-0.25, -0.2) is 4.99 Å². The van der Waals surface area contributed by atoms with Crippen molar-refractivity contribution in [1.29, 1.82) is 0 Å². The molecule has 2 amide bonds. The first-order chi connectivity index (χ1) is 14.8. The largest absolute Gasteiger partial charge is 0.378 e. The smallest absolute Gasteiger partial charge is 0.255 e. The van der Waals surface area contributed by atoms with Gasteiger partial charge in [0.15, 0.2) is 0 Å². The lowest BCUT2D eigenvalue weighted by molar-refractivity contribution is -0.116. The number of primary amides is 1. The first kappa shape index (κ1) is 23.6. The fourth-order valence-corrected chi connectivity index (χ4v) is 2.70. The number of nitrogens with zero attached hydrogens (tertiary/aromatic N) is 1. The number of carbonyl (C=O) groups is 2. The molecule has 2 rings (SSSR count). The molecule has 0 aliphatic carbocycles. The van der Waals surface area contributed by atoms with E-state index in [2.05, 4.69) is 22.2 Å². The van der Waals surface area contributed by atoms with Gasteiger partial charge in [0.2, 0.25) is 5.91 Å². The number of carbonyl (C=O) groups excluding carboxylic acids is 2. The van der Waals surface area contributed by atoms with Crippen LogP contribution in [0.2, 0.25) is 0 Å². The highest BCUT2D eigenvalue weighted by molar-refractivity contribution is 6.31. The van der Waals surface area contributed by atoms with Crippen LogP contribution in [0.1, 0.15) is 24.2 Å². The van der Waals surface area contributed by atoms with Gasteiger partial charge in [0.25, 0.3) is 5.91 Å². The fourth-order valence-electron chi connectivity index (χ4n) is 2.63. The Hall–Kier alpha value is -3.64. The Bertz CT molecular complexity index is 1060. The number of hydrogen-bond acceptors (Lipinski definition) is 4. The number of amides is 2. The van der Waals surface area contributed by atoms with Crippen molar-refractivity contribution in [3.05, 3.63) is 95.3 Å². The second-order valence-corrected chi connectivity index (χ2v) is 7.00. The lowest BCUT2D eigenvalue weighted by Gasteiger charge is -2.18. The third-order valence-corrected chi connectivity index (χ3v) is 4.60. The van der Waals surface area contributed by atoms with E-state index in [1.165, 1.54) is 12.3 Å². The minimum absolute atomic E-state index is 0.262. The van der Waals surface area contributed by atoms with E-state index in [1.54, 1.807) is 48.6 Å². The summed E-state index contributed by atoms with van der Waals surface area (Å²) in [6.07, 6.45) is 13.3. The predicted octanol–water partition coefficient (Wildman–Crippen LogP) is 4.67. The predicted molar refractivity (Wildman–Crippen MR) is 129 cm³/mol. The molecule has 1 aliphatic rings. The summed E-state index contributed by atoms with van der Waals surface area (Å²) in [6, 6.07) is 5.11. The molecule has 1 aliphatic heterocycles. The third-order valence-electron chi connectivity index (χ3n) is 4.32. The summed E-state index contributed by atoms with van der Waals surface area (Å²) in [6.45, 7) is 7.83. The van der Waals surface area contributed by atoms with Crippen LogP contribution >= 0.6 is 11.6 Å². The highest BCUT2D eigenvalue weighted by Crippen LogP contribution is 2.30. The Morgan fingerprint density at radius 2 is 2.06 bits per heavy atom. The zero-order chi connectivity index (χ0) is 22.8. The monoisotopic (exact) mass is 436 g/mol. The third kappa shape index (κ3) is 6.97. The molecule has 0 unspecified atom stereocenters. The van der Waals surface area contributed by atoms with Gasteiger partial charge in [0, 0.05) is 22.4 Å². The van der Waals surface area contributed by atoms with Crippen molar-refractivity contribution < 1.29 is 9.59 Å². The van der Waals surface area contributed by atoms with Gasteiger partial charge in [0.05, 0.1) is 23.6 Å². The molecule has 0 saturated carbocycles. The highest BCUT2D eigenvalue weighted by atomic mass is 35.5. The van der Waals surface area contributed by atoms with Gasteiger partial charge in [-0.2, -0.15) is 0 Å². The normalized spacial score (nSPS) is 14.8. The number of aliphatic imine (C=N–C) groups is 1. The van der Waals surface area contributed by atoms with E-state index in [0.29, 0.717) is 28.4 Å². The van der Waals surface area contributed by atoms with E-state index < -0.39 is 5.91 Å². The van der Waals surface area contributed by atoms with E-state index in [0.717, 1.165) is 17.0 Å². The van der Waals surface area contributed by atoms with Gasteiger partial charge in [0.1, 0.15) is 0 Å². The summed E-state index contributed by atoms with van der Waals surface area (Å²) in [5.41, 5.74) is 9.40. The average molecular weight is 437 g/mol. The molecule has 1 aromatic carbocycles. The molecule has 0 spiro atoms. The number of rotatable bonds is 8. The number of fused-ring (bicyclic) bond motifs is 1. The van der Waals surface area contributed by atoms with Crippen molar-refractivity contribution in [2.24, 2.45) is 10.7 Å². The SMILES string of the molecule is C=C/C(Cl)=C\C=C\NC(=O)C(/C=C\C)=C/C=C(\C)C1=Nc2cc(C(N)=O)ccc2NC1. The first-order valence-corrected chi connectivity index (χ1v) is 9.96. The topological polar surface area (TPSA) is 96.6 Å².